The van der Waals surface area contributed by atoms with Crippen LogP contribution in [-0.4, -0.2) is 24.1 Å². The lowest BCUT2D eigenvalue weighted by molar-refractivity contribution is -0.127. The number of carbonyl (C=O) groups excluding carboxylic acids is 1. The van der Waals surface area contributed by atoms with Gasteiger partial charge in [0, 0.05) is 12.1 Å². The van der Waals surface area contributed by atoms with Crippen molar-refractivity contribution in [3.05, 3.63) is 29.6 Å². The molecule has 0 bridgehead atoms. The van der Waals surface area contributed by atoms with Crippen molar-refractivity contribution in [3.63, 3.8) is 0 Å². The molecule has 0 aliphatic carbocycles. The van der Waals surface area contributed by atoms with E-state index in [0.29, 0.717) is 17.7 Å². The molecule has 20 heavy (non-hydrogen) atoms. The monoisotopic (exact) mass is 282 g/mol. The average Bonchev–Trinajstić information content (AvgIpc) is 2.30. The third kappa shape index (κ3) is 5.17. The molecule has 1 rings (SSSR count). The number of hydrogen-bond donors (Lipinski definition) is 2. The highest BCUT2D eigenvalue weighted by Gasteiger charge is 2.17. The normalized spacial score (nSPS) is 13.9. The number of amides is 1. The molecule has 0 fully saturated rings. The molecule has 112 valence electrons. The fourth-order valence-corrected chi connectivity index (χ4v) is 1.82. The van der Waals surface area contributed by atoms with Gasteiger partial charge in [0.05, 0.1) is 0 Å². The molecule has 4 nitrogen and oxygen atoms in total. The Balaban J connectivity index is 2.83. The fraction of sp³-hybridized carbons (Fsp3) is 0.533. The summed E-state index contributed by atoms with van der Waals surface area (Å²) in [4.78, 5) is 11.8. The van der Waals surface area contributed by atoms with Crippen LogP contribution in [0.3, 0.4) is 0 Å². The summed E-state index contributed by atoms with van der Waals surface area (Å²) in [6.07, 6.45) is -0.152. The van der Waals surface area contributed by atoms with Crippen LogP contribution >= 0.6 is 0 Å². The van der Waals surface area contributed by atoms with Crippen molar-refractivity contribution < 1.29 is 13.9 Å². The summed E-state index contributed by atoms with van der Waals surface area (Å²) >= 11 is 0. The van der Waals surface area contributed by atoms with Crippen LogP contribution in [0.15, 0.2) is 18.2 Å². The third-order valence-corrected chi connectivity index (χ3v) is 2.67. The van der Waals surface area contributed by atoms with E-state index in [1.165, 1.54) is 18.2 Å². The van der Waals surface area contributed by atoms with Gasteiger partial charge < -0.3 is 15.8 Å². The highest BCUT2D eigenvalue weighted by molar-refractivity contribution is 5.80. The van der Waals surface area contributed by atoms with Gasteiger partial charge in [-0.2, -0.15) is 0 Å². The first kappa shape index (κ1) is 16.4. The summed E-state index contributed by atoms with van der Waals surface area (Å²) in [5.74, 6) is -0.0431. The number of halogens is 1. The smallest absolute Gasteiger partial charge is 0.260 e. The fourth-order valence-electron chi connectivity index (χ4n) is 1.82. The van der Waals surface area contributed by atoms with E-state index in [0.717, 1.165) is 0 Å². The van der Waals surface area contributed by atoms with Gasteiger partial charge in [0.2, 0.25) is 0 Å². The molecule has 0 aliphatic heterocycles. The van der Waals surface area contributed by atoms with Gasteiger partial charge in [-0.15, -0.1) is 0 Å². The topological polar surface area (TPSA) is 64.3 Å². The standard InChI is InChI=1S/C15H23FN2O2/c1-9(2)18-15(19)11(4)20-14-6-5-13(16)8-12(14)7-10(3)17/h5-6,8-11H,7,17H2,1-4H3,(H,18,19). The molecule has 0 heterocycles. The molecule has 2 atom stereocenters. The van der Waals surface area contributed by atoms with E-state index in [1.807, 2.05) is 20.8 Å². The van der Waals surface area contributed by atoms with Crippen LogP contribution in [0.4, 0.5) is 4.39 Å². The minimum Gasteiger partial charge on any atom is -0.481 e. The Morgan fingerprint density at radius 1 is 1.35 bits per heavy atom. The molecule has 0 aliphatic rings. The Morgan fingerprint density at radius 2 is 2.00 bits per heavy atom. The Labute approximate surface area is 119 Å². The zero-order valence-corrected chi connectivity index (χ0v) is 12.4. The molecular weight excluding hydrogens is 259 g/mol. The number of carbonyl (C=O) groups is 1. The zero-order chi connectivity index (χ0) is 15.3. The van der Waals surface area contributed by atoms with Gasteiger partial charge in [-0.1, -0.05) is 0 Å². The number of nitrogens with one attached hydrogen (secondary N) is 1. The molecule has 0 aromatic heterocycles. The molecule has 0 saturated carbocycles. The van der Waals surface area contributed by atoms with Crippen molar-refractivity contribution >= 4 is 5.91 Å². The SMILES string of the molecule is CC(N)Cc1cc(F)ccc1OC(C)C(=O)NC(C)C. The summed E-state index contributed by atoms with van der Waals surface area (Å²) in [5.41, 5.74) is 6.41. The lowest BCUT2D eigenvalue weighted by Gasteiger charge is -2.19. The number of nitrogens with two attached hydrogens (primary N) is 1. The van der Waals surface area contributed by atoms with Gasteiger partial charge in [-0.25, -0.2) is 4.39 Å². The quantitative estimate of drug-likeness (QED) is 0.839. The summed E-state index contributed by atoms with van der Waals surface area (Å²) in [7, 11) is 0. The van der Waals surface area contributed by atoms with Gasteiger partial charge in [0.1, 0.15) is 11.6 Å². The second-order valence-corrected chi connectivity index (χ2v) is 5.36. The number of ether oxygens (including phenoxy) is 1. The molecule has 2 unspecified atom stereocenters. The van der Waals surface area contributed by atoms with Crippen molar-refractivity contribution in [1.29, 1.82) is 0 Å². The van der Waals surface area contributed by atoms with E-state index < -0.39 is 6.10 Å². The zero-order valence-electron chi connectivity index (χ0n) is 12.4. The Hall–Kier alpha value is -1.62. The third-order valence-electron chi connectivity index (χ3n) is 2.67. The van der Waals surface area contributed by atoms with Crippen LogP contribution in [0, 0.1) is 5.82 Å². The van der Waals surface area contributed by atoms with E-state index in [1.54, 1.807) is 6.92 Å². The summed E-state index contributed by atoms with van der Waals surface area (Å²) < 4.78 is 18.9. The highest BCUT2D eigenvalue weighted by atomic mass is 19.1. The van der Waals surface area contributed by atoms with Gasteiger partial charge in [-0.3, -0.25) is 4.79 Å². The van der Waals surface area contributed by atoms with Crippen LogP contribution in [0.1, 0.15) is 33.3 Å². The van der Waals surface area contributed by atoms with Gasteiger partial charge in [0.15, 0.2) is 6.10 Å². The molecule has 0 spiro atoms. The summed E-state index contributed by atoms with van der Waals surface area (Å²) in [6.45, 7) is 7.26. The molecular formula is C15H23FN2O2. The van der Waals surface area contributed by atoms with Crippen molar-refractivity contribution in [2.45, 2.75) is 52.3 Å². The highest BCUT2D eigenvalue weighted by Crippen LogP contribution is 2.22. The maximum absolute atomic E-state index is 13.3. The molecule has 1 aromatic rings. The first-order valence-electron chi connectivity index (χ1n) is 6.80. The van der Waals surface area contributed by atoms with Crippen molar-refractivity contribution in [3.8, 4) is 5.75 Å². The van der Waals surface area contributed by atoms with Gasteiger partial charge >= 0.3 is 0 Å². The van der Waals surface area contributed by atoms with Crippen molar-refractivity contribution in [1.82, 2.24) is 5.32 Å². The van der Waals surface area contributed by atoms with E-state index in [2.05, 4.69) is 5.32 Å². The van der Waals surface area contributed by atoms with Crippen molar-refractivity contribution in [2.24, 2.45) is 5.73 Å². The van der Waals surface area contributed by atoms with Crippen LogP contribution < -0.4 is 15.8 Å². The lowest BCUT2D eigenvalue weighted by Crippen LogP contribution is -2.40. The summed E-state index contributed by atoms with van der Waals surface area (Å²) in [6, 6.07) is 4.18. The number of benzene rings is 1. The maximum atomic E-state index is 13.3. The molecule has 0 saturated heterocycles. The predicted molar refractivity (Wildman–Crippen MR) is 77.1 cm³/mol. The Bertz CT molecular complexity index is 461. The average molecular weight is 282 g/mol. The van der Waals surface area contributed by atoms with E-state index in [4.69, 9.17) is 10.5 Å². The molecule has 1 aromatic carbocycles. The first-order valence-corrected chi connectivity index (χ1v) is 6.80. The van der Waals surface area contributed by atoms with Crippen LogP contribution in [-0.2, 0) is 11.2 Å². The molecule has 0 radical (unpaired) electrons. The molecule has 3 N–H and O–H groups in total. The first-order chi connectivity index (χ1) is 9.29. The molecule has 5 heteroatoms. The largest absolute Gasteiger partial charge is 0.481 e. The Morgan fingerprint density at radius 3 is 2.55 bits per heavy atom. The van der Waals surface area contributed by atoms with Gasteiger partial charge in [-0.05, 0) is 57.9 Å². The second kappa shape index (κ2) is 7.24. The number of hydrogen-bond acceptors (Lipinski definition) is 3. The van der Waals surface area contributed by atoms with E-state index >= 15 is 0 Å². The van der Waals surface area contributed by atoms with Crippen LogP contribution in [0.5, 0.6) is 5.75 Å². The lowest BCUT2D eigenvalue weighted by atomic mass is 10.1. The Kier molecular flexibility index (Phi) is 5.95. The van der Waals surface area contributed by atoms with E-state index in [9.17, 15) is 9.18 Å². The minimum atomic E-state index is -0.644. The van der Waals surface area contributed by atoms with E-state index in [-0.39, 0.29) is 23.8 Å². The minimum absolute atomic E-state index is 0.0466. The molecule has 1 amide bonds. The second-order valence-electron chi connectivity index (χ2n) is 5.36. The van der Waals surface area contributed by atoms with Crippen LogP contribution in [0.2, 0.25) is 0 Å². The summed E-state index contributed by atoms with van der Waals surface area (Å²) in [5, 5.41) is 2.77. The number of rotatable bonds is 6. The maximum Gasteiger partial charge on any atom is 0.260 e. The van der Waals surface area contributed by atoms with Gasteiger partial charge in [0.25, 0.3) is 5.91 Å². The van der Waals surface area contributed by atoms with Crippen molar-refractivity contribution in [2.75, 3.05) is 0 Å². The predicted octanol–water partition coefficient (Wildman–Crippen LogP) is 2.01. The van der Waals surface area contributed by atoms with Crippen LogP contribution in [0.25, 0.3) is 0 Å².